The molecular weight excluding hydrogens is 400 g/mol. The third kappa shape index (κ3) is 4.44. The molecule has 1 amide bonds. The van der Waals surface area contributed by atoms with E-state index >= 15 is 0 Å². The maximum Gasteiger partial charge on any atom is 0.319 e. The predicted molar refractivity (Wildman–Crippen MR) is 113 cm³/mol. The van der Waals surface area contributed by atoms with Gasteiger partial charge in [0.2, 0.25) is 5.91 Å². The second-order valence-corrected chi connectivity index (χ2v) is 7.80. The van der Waals surface area contributed by atoms with Gasteiger partial charge in [-0.05, 0) is 12.5 Å². The number of carbonyl (C=O) groups is 3. The number of ketones is 1. The number of rotatable bonds is 6. The minimum atomic E-state index is -1.18. The van der Waals surface area contributed by atoms with Gasteiger partial charge in [0, 0.05) is 11.5 Å². The maximum absolute atomic E-state index is 12.8. The van der Waals surface area contributed by atoms with Gasteiger partial charge in [0.05, 0.1) is 29.5 Å². The summed E-state index contributed by atoms with van der Waals surface area (Å²) in [5.74, 6) is -3.31. The summed E-state index contributed by atoms with van der Waals surface area (Å²) in [6.07, 6.45) is 0. The molecule has 7 heteroatoms. The zero-order valence-corrected chi connectivity index (χ0v) is 17.4. The molecular formula is C23H20N2O4S. The average molecular weight is 420 g/mol. The first-order valence-corrected chi connectivity index (χ1v) is 10.3. The molecule has 6 nitrogen and oxygen atoms in total. The van der Waals surface area contributed by atoms with Crippen molar-refractivity contribution in [2.24, 2.45) is 5.92 Å². The summed E-state index contributed by atoms with van der Waals surface area (Å²) in [5.41, 5.74) is 2.46. The Kier molecular flexibility index (Phi) is 6.70. The van der Waals surface area contributed by atoms with Crippen molar-refractivity contribution in [3.8, 4) is 6.07 Å². The van der Waals surface area contributed by atoms with Gasteiger partial charge in [-0.2, -0.15) is 5.26 Å². The molecule has 2 aromatic carbocycles. The van der Waals surface area contributed by atoms with Crippen LogP contribution >= 0.6 is 11.8 Å². The van der Waals surface area contributed by atoms with E-state index < -0.39 is 23.7 Å². The SMILES string of the molecule is COC(=O)[C@H]1C(=O)NC(SCC(=O)c2ccccc2)=C(C#N)[C@@H]1c1ccc(C)cc1. The van der Waals surface area contributed by atoms with Crippen molar-refractivity contribution >= 4 is 29.4 Å². The molecule has 2 aromatic rings. The van der Waals surface area contributed by atoms with Crippen LogP contribution in [-0.2, 0) is 14.3 Å². The molecule has 1 heterocycles. The van der Waals surface area contributed by atoms with E-state index in [9.17, 15) is 19.6 Å². The summed E-state index contributed by atoms with van der Waals surface area (Å²) in [7, 11) is 1.21. The van der Waals surface area contributed by atoms with E-state index in [0.29, 0.717) is 11.1 Å². The number of benzene rings is 2. The van der Waals surface area contributed by atoms with Crippen LogP contribution in [0.2, 0.25) is 0 Å². The van der Waals surface area contributed by atoms with Crippen molar-refractivity contribution < 1.29 is 19.1 Å². The summed E-state index contributed by atoms with van der Waals surface area (Å²) in [5, 5.41) is 12.8. The Morgan fingerprint density at radius 3 is 2.40 bits per heavy atom. The fraction of sp³-hybridized carbons (Fsp3) is 0.217. The number of thioether (sulfide) groups is 1. The Morgan fingerprint density at radius 2 is 1.80 bits per heavy atom. The highest BCUT2D eigenvalue weighted by Crippen LogP contribution is 2.40. The minimum Gasteiger partial charge on any atom is -0.468 e. The van der Waals surface area contributed by atoms with Crippen molar-refractivity contribution in [3.63, 3.8) is 0 Å². The fourth-order valence-electron chi connectivity index (χ4n) is 3.30. The maximum atomic E-state index is 12.8. The van der Waals surface area contributed by atoms with Gasteiger partial charge in [0.15, 0.2) is 5.78 Å². The average Bonchev–Trinajstić information content (AvgIpc) is 2.77. The lowest BCUT2D eigenvalue weighted by Gasteiger charge is -2.31. The van der Waals surface area contributed by atoms with E-state index in [2.05, 4.69) is 11.4 Å². The summed E-state index contributed by atoms with van der Waals surface area (Å²) < 4.78 is 4.83. The standard InChI is InChI=1S/C23H20N2O4S/c1-14-8-10-16(11-9-14)19-17(12-24)22(25-21(27)20(19)23(28)29-2)30-13-18(26)15-6-4-3-5-7-15/h3-11,19-20H,13H2,1-2H3,(H,25,27)/t19-,20+/m0/s1. The van der Waals surface area contributed by atoms with Gasteiger partial charge < -0.3 is 10.1 Å². The molecule has 0 unspecified atom stereocenters. The minimum absolute atomic E-state index is 0.0499. The Morgan fingerprint density at radius 1 is 1.13 bits per heavy atom. The molecule has 2 atom stereocenters. The summed E-state index contributed by atoms with van der Waals surface area (Å²) in [6.45, 7) is 1.92. The van der Waals surface area contributed by atoms with E-state index in [1.165, 1.54) is 7.11 Å². The topological polar surface area (TPSA) is 96.3 Å². The Bertz CT molecular complexity index is 1040. The number of nitrogens with one attached hydrogen (secondary N) is 1. The number of hydrogen-bond donors (Lipinski definition) is 1. The Hall–Kier alpha value is -3.37. The highest BCUT2D eigenvalue weighted by Gasteiger charge is 2.44. The van der Waals surface area contributed by atoms with Crippen molar-refractivity contribution in [1.82, 2.24) is 5.32 Å². The van der Waals surface area contributed by atoms with Gasteiger partial charge in [-0.3, -0.25) is 14.4 Å². The number of nitriles is 1. The first-order chi connectivity index (χ1) is 14.5. The third-order valence-corrected chi connectivity index (χ3v) is 5.88. The Balaban J connectivity index is 1.97. The number of aryl methyl sites for hydroxylation is 1. The van der Waals surface area contributed by atoms with Crippen molar-refractivity contribution in [2.45, 2.75) is 12.8 Å². The van der Waals surface area contributed by atoms with E-state index in [1.807, 2.05) is 25.1 Å². The second-order valence-electron chi connectivity index (χ2n) is 6.81. The number of carbonyl (C=O) groups excluding carboxylic acids is 3. The van der Waals surface area contributed by atoms with Crippen LogP contribution < -0.4 is 5.32 Å². The van der Waals surface area contributed by atoms with Crippen LogP contribution in [0.3, 0.4) is 0 Å². The van der Waals surface area contributed by atoms with Crippen molar-refractivity contribution in [2.75, 3.05) is 12.9 Å². The molecule has 0 fully saturated rings. The van der Waals surface area contributed by atoms with Gasteiger partial charge in [-0.25, -0.2) is 0 Å². The van der Waals surface area contributed by atoms with E-state index in [4.69, 9.17) is 4.74 Å². The fourth-order valence-corrected chi connectivity index (χ4v) is 4.24. The number of esters is 1. The quantitative estimate of drug-likeness (QED) is 0.437. The molecule has 0 aromatic heterocycles. The zero-order valence-electron chi connectivity index (χ0n) is 16.5. The summed E-state index contributed by atoms with van der Waals surface area (Å²) in [4.78, 5) is 37.6. The highest BCUT2D eigenvalue weighted by molar-refractivity contribution is 8.03. The second kappa shape index (κ2) is 9.42. The van der Waals surface area contributed by atoms with Crippen LogP contribution in [0.5, 0.6) is 0 Å². The van der Waals surface area contributed by atoms with Gasteiger partial charge in [-0.1, -0.05) is 71.9 Å². The third-order valence-electron chi connectivity index (χ3n) is 4.86. The van der Waals surface area contributed by atoms with Crippen molar-refractivity contribution in [1.29, 1.82) is 5.26 Å². The molecule has 3 rings (SSSR count). The monoisotopic (exact) mass is 420 g/mol. The smallest absolute Gasteiger partial charge is 0.319 e. The van der Waals surface area contributed by atoms with E-state index in [1.54, 1.807) is 36.4 Å². The van der Waals surface area contributed by atoms with Gasteiger partial charge in [0.25, 0.3) is 0 Å². The summed E-state index contributed by atoms with van der Waals surface area (Å²) >= 11 is 1.08. The molecule has 1 aliphatic heterocycles. The summed E-state index contributed by atoms with van der Waals surface area (Å²) in [6, 6.07) is 18.2. The molecule has 1 aliphatic rings. The molecule has 0 radical (unpaired) electrons. The molecule has 30 heavy (non-hydrogen) atoms. The number of nitrogens with zero attached hydrogens (tertiary/aromatic N) is 1. The molecule has 0 saturated carbocycles. The van der Waals surface area contributed by atoms with Crippen molar-refractivity contribution in [3.05, 3.63) is 81.9 Å². The molecule has 0 bridgehead atoms. The van der Waals surface area contributed by atoms with Crippen LogP contribution in [0, 0.1) is 24.2 Å². The lowest BCUT2D eigenvalue weighted by atomic mass is 9.78. The highest BCUT2D eigenvalue weighted by atomic mass is 32.2. The first kappa shape index (κ1) is 21.3. The molecule has 1 N–H and O–H groups in total. The van der Waals surface area contributed by atoms with Gasteiger partial charge >= 0.3 is 5.97 Å². The van der Waals surface area contributed by atoms with Crippen LogP contribution in [0.1, 0.15) is 27.4 Å². The molecule has 0 saturated heterocycles. The number of Topliss-reactive ketones (excluding diaryl/α,β-unsaturated/α-hetero) is 1. The predicted octanol–water partition coefficient (Wildman–Crippen LogP) is 3.35. The van der Waals surface area contributed by atoms with Crippen LogP contribution in [0.4, 0.5) is 0 Å². The van der Waals surface area contributed by atoms with Crippen LogP contribution in [0.25, 0.3) is 0 Å². The zero-order chi connectivity index (χ0) is 21.7. The van der Waals surface area contributed by atoms with Gasteiger partial charge in [-0.15, -0.1) is 0 Å². The lowest BCUT2D eigenvalue weighted by Crippen LogP contribution is -2.44. The number of amides is 1. The first-order valence-electron chi connectivity index (χ1n) is 9.26. The molecule has 0 aliphatic carbocycles. The van der Waals surface area contributed by atoms with E-state index in [0.717, 1.165) is 17.3 Å². The number of ether oxygens (including phenoxy) is 1. The van der Waals surface area contributed by atoms with Crippen LogP contribution in [-0.4, -0.2) is 30.5 Å². The number of allylic oxidation sites excluding steroid dienone is 1. The number of methoxy groups -OCH3 is 1. The normalized spacial score (nSPS) is 18.4. The largest absolute Gasteiger partial charge is 0.468 e. The molecule has 0 spiro atoms. The number of hydrogen-bond acceptors (Lipinski definition) is 6. The lowest BCUT2D eigenvalue weighted by molar-refractivity contribution is -0.150. The van der Waals surface area contributed by atoms with Crippen LogP contribution in [0.15, 0.2) is 65.2 Å². The van der Waals surface area contributed by atoms with E-state index in [-0.39, 0.29) is 22.1 Å². The Labute approximate surface area is 178 Å². The molecule has 152 valence electrons. The van der Waals surface area contributed by atoms with Gasteiger partial charge in [0.1, 0.15) is 5.92 Å².